The van der Waals surface area contributed by atoms with Crippen LogP contribution in [0.1, 0.15) is 89.5 Å². The van der Waals surface area contributed by atoms with Gasteiger partial charge in [0.05, 0.1) is 20.6 Å². The first-order chi connectivity index (χ1) is 11.0. The van der Waals surface area contributed by atoms with Crippen LogP contribution in [-0.4, -0.2) is 32.9 Å². The molecule has 0 aromatic carbocycles. The van der Waals surface area contributed by atoms with E-state index in [0.29, 0.717) is 20.6 Å². The van der Waals surface area contributed by atoms with Crippen molar-refractivity contribution in [3.63, 3.8) is 0 Å². The Morgan fingerprint density at radius 1 is 0.680 bits per heavy atom. The van der Waals surface area contributed by atoms with Crippen LogP contribution in [0, 0.1) is 6.08 Å². The van der Waals surface area contributed by atoms with E-state index in [4.69, 9.17) is 0 Å². The maximum absolute atomic E-state index is 4.61. The molecule has 0 nitrogen and oxygen atoms in total. The van der Waals surface area contributed by atoms with E-state index < -0.39 is 15.8 Å². The molecule has 0 amide bonds. The number of hydrogen-bond donors (Lipinski definition) is 0. The van der Waals surface area contributed by atoms with E-state index in [1.807, 2.05) is 0 Å². The molecular formula is C21H45ClP2Pt+2. The number of allylic oxidation sites excluding steroid dienone is 2. The molecule has 0 aliphatic heterocycles. The van der Waals surface area contributed by atoms with Gasteiger partial charge in [0.1, 0.15) is 0 Å². The van der Waals surface area contributed by atoms with Gasteiger partial charge in [-0.3, -0.25) is 0 Å². The van der Waals surface area contributed by atoms with Crippen molar-refractivity contribution < 1.29 is 18.8 Å². The SMILES string of the molecule is CC(C)(C)[PH+](CC=[C-]CC[PH+](C(C)(C)C)C(C)(C)C)C(C)(C)C.[Cl][Pt+]. The van der Waals surface area contributed by atoms with Crippen LogP contribution in [0.2, 0.25) is 0 Å². The molecule has 0 radical (unpaired) electrons. The van der Waals surface area contributed by atoms with E-state index in [2.05, 4.69) is 105 Å². The van der Waals surface area contributed by atoms with E-state index in [0.717, 1.165) is 6.42 Å². The monoisotopic (exact) mass is 589 g/mol. The van der Waals surface area contributed by atoms with Gasteiger partial charge in [0, 0.05) is 28.2 Å². The fourth-order valence-electron chi connectivity index (χ4n) is 4.09. The molecule has 0 aliphatic rings. The van der Waals surface area contributed by atoms with Gasteiger partial charge in [-0.25, -0.2) is 6.08 Å². The van der Waals surface area contributed by atoms with Gasteiger partial charge in [-0.05, 0) is 83.1 Å². The quantitative estimate of drug-likeness (QED) is 0.225. The Morgan fingerprint density at radius 3 is 1.28 bits per heavy atom. The summed E-state index contributed by atoms with van der Waals surface area (Å²) in [6.45, 7) is 29.1. The Labute approximate surface area is 178 Å². The van der Waals surface area contributed by atoms with Crippen molar-refractivity contribution in [3.05, 3.63) is 12.2 Å². The predicted molar refractivity (Wildman–Crippen MR) is 124 cm³/mol. The Kier molecular flexibility index (Phi) is 13.3. The van der Waals surface area contributed by atoms with E-state index in [9.17, 15) is 0 Å². The maximum atomic E-state index is 4.61. The molecule has 0 saturated heterocycles. The Morgan fingerprint density at radius 2 is 1.00 bits per heavy atom. The Bertz CT molecular complexity index is 351. The normalized spacial score (nSPS) is 14.3. The van der Waals surface area contributed by atoms with Gasteiger partial charge in [0.2, 0.25) is 0 Å². The summed E-state index contributed by atoms with van der Waals surface area (Å²) in [5.74, 6) is 0. The van der Waals surface area contributed by atoms with Crippen molar-refractivity contribution in [2.75, 3.05) is 12.3 Å². The molecule has 0 spiro atoms. The summed E-state index contributed by atoms with van der Waals surface area (Å²) < 4.78 is 0. The second-order valence-electron chi connectivity index (χ2n) is 11.1. The molecule has 25 heavy (non-hydrogen) atoms. The molecule has 4 heteroatoms. The van der Waals surface area contributed by atoms with Crippen molar-refractivity contribution in [3.8, 4) is 0 Å². The Balaban J connectivity index is 0. The first kappa shape index (κ1) is 28.8. The number of halogens is 1. The zero-order valence-corrected chi connectivity index (χ0v) is 23.9. The molecule has 0 saturated carbocycles. The minimum absolute atomic E-state index is 0.406. The number of rotatable bonds is 5. The second kappa shape index (κ2) is 11.5. The number of hydrogen-bond acceptors (Lipinski definition) is 0. The van der Waals surface area contributed by atoms with Crippen LogP contribution in [0.15, 0.2) is 6.08 Å². The minimum atomic E-state index is -0.442. The van der Waals surface area contributed by atoms with Gasteiger partial charge in [-0.2, -0.15) is 6.42 Å². The molecule has 0 heterocycles. The van der Waals surface area contributed by atoms with Gasteiger partial charge in [0.25, 0.3) is 0 Å². The molecule has 0 aliphatic carbocycles. The van der Waals surface area contributed by atoms with Crippen LogP contribution in [0.3, 0.4) is 0 Å². The molecule has 0 fully saturated rings. The fraction of sp³-hybridized carbons (Fsp3) is 0.905. The standard InChI is InChI=1S/C21H43P2.ClH.Pt/c1-18(2,3)22(19(4,5)6)16-14-13-15-17-23(20(7,8)9)21(10,11)12;;/h14H,15-17H2,1-12H3;1H;/q-1;;+2/p+1. The van der Waals surface area contributed by atoms with Crippen LogP contribution < -0.4 is 0 Å². The summed E-state index contributed by atoms with van der Waals surface area (Å²) in [5.41, 5.74) is 0. The summed E-state index contributed by atoms with van der Waals surface area (Å²) in [5, 5.41) is 1.84. The van der Waals surface area contributed by atoms with Crippen molar-refractivity contribution in [1.29, 1.82) is 0 Å². The van der Waals surface area contributed by atoms with Crippen LogP contribution in [0.5, 0.6) is 0 Å². The van der Waals surface area contributed by atoms with Gasteiger partial charge in [-0.1, -0.05) is 0 Å². The van der Waals surface area contributed by atoms with E-state index >= 15 is 0 Å². The zero-order chi connectivity index (χ0) is 20.7. The average Bonchev–Trinajstić information content (AvgIpc) is 2.33. The van der Waals surface area contributed by atoms with E-state index in [1.54, 1.807) is 18.8 Å². The fourth-order valence-corrected chi connectivity index (χ4v) is 12.1. The summed E-state index contributed by atoms with van der Waals surface area (Å²) in [6.07, 6.45) is 9.79. The van der Waals surface area contributed by atoms with Crippen LogP contribution in [0.4, 0.5) is 0 Å². The molecule has 0 aromatic heterocycles. The molecule has 0 bridgehead atoms. The molecule has 0 N–H and O–H groups in total. The second-order valence-corrected chi connectivity index (χ2v) is 19.9. The summed E-state index contributed by atoms with van der Waals surface area (Å²) >= 11 is 1.61. The summed E-state index contributed by atoms with van der Waals surface area (Å²) in [4.78, 5) is 0. The first-order valence-corrected chi connectivity index (χ1v) is 15.6. The third kappa shape index (κ3) is 12.6. The molecule has 154 valence electrons. The topological polar surface area (TPSA) is 0 Å². The zero-order valence-electron chi connectivity index (χ0n) is 18.9. The summed E-state index contributed by atoms with van der Waals surface area (Å²) in [6, 6.07) is 0. The molecule has 0 aromatic rings. The first-order valence-electron chi connectivity index (χ1n) is 9.38. The molecule has 0 atom stereocenters. The van der Waals surface area contributed by atoms with Gasteiger partial charge in [0.15, 0.2) is 0 Å². The molecule has 0 rings (SSSR count). The van der Waals surface area contributed by atoms with E-state index in [1.165, 1.54) is 12.3 Å². The van der Waals surface area contributed by atoms with Gasteiger partial charge >= 0.3 is 28.2 Å². The van der Waals surface area contributed by atoms with E-state index in [-0.39, 0.29) is 0 Å². The van der Waals surface area contributed by atoms with Crippen LogP contribution in [0.25, 0.3) is 0 Å². The van der Waals surface area contributed by atoms with Gasteiger partial charge in [-0.15, -0.1) is 0 Å². The van der Waals surface area contributed by atoms with Crippen LogP contribution in [-0.2, 0) is 18.8 Å². The Hall–Kier alpha value is 1.58. The van der Waals surface area contributed by atoms with Crippen molar-refractivity contribution in [2.45, 2.75) is 110 Å². The van der Waals surface area contributed by atoms with Crippen molar-refractivity contribution in [2.24, 2.45) is 0 Å². The van der Waals surface area contributed by atoms with Crippen LogP contribution >= 0.6 is 25.3 Å². The third-order valence-corrected chi connectivity index (χ3v) is 13.2. The van der Waals surface area contributed by atoms with Gasteiger partial charge < -0.3 is 6.08 Å². The molecular weight excluding hydrogens is 545 g/mol. The molecule has 0 unspecified atom stereocenters. The van der Waals surface area contributed by atoms with Crippen molar-refractivity contribution in [1.82, 2.24) is 0 Å². The third-order valence-electron chi connectivity index (χ3n) is 4.59. The van der Waals surface area contributed by atoms with Crippen molar-refractivity contribution >= 4 is 25.3 Å². The average molecular weight is 590 g/mol. The predicted octanol–water partition coefficient (Wildman–Crippen LogP) is 8.05. The summed E-state index contributed by atoms with van der Waals surface area (Å²) in [7, 11) is 3.76.